The number of amides is 2. The molecule has 0 aromatic heterocycles. The monoisotopic (exact) mass is 537 g/mol. The number of benzene rings is 3. The Morgan fingerprint density at radius 2 is 1.63 bits per heavy atom. The summed E-state index contributed by atoms with van der Waals surface area (Å²) < 4.78 is 34.4. The van der Waals surface area contributed by atoms with Crippen LogP contribution in [-0.4, -0.2) is 51.9 Å². The van der Waals surface area contributed by atoms with Gasteiger partial charge in [0.15, 0.2) is 0 Å². The highest BCUT2D eigenvalue weighted by molar-refractivity contribution is 7.92. The number of likely N-dealkylation sites (N-methyl/N-ethyl adjacent to an activating group) is 1. The third-order valence-electron chi connectivity index (χ3n) is 6.31. The van der Waals surface area contributed by atoms with Crippen LogP contribution < -0.4 is 14.4 Å². The van der Waals surface area contributed by atoms with Gasteiger partial charge < -0.3 is 15.0 Å². The molecule has 202 valence electrons. The zero-order valence-corrected chi connectivity index (χ0v) is 23.3. The molecule has 0 unspecified atom stereocenters. The number of aryl methyl sites for hydroxylation is 2. The molecule has 38 heavy (non-hydrogen) atoms. The lowest BCUT2D eigenvalue weighted by atomic mass is 10.1. The van der Waals surface area contributed by atoms with Crippen LogP contribution in [0, 0.1) is 13.8 Å². The van der Waals surface area contributed by atoms with Crippen LogP contribution in [0.15, 0.2) is 77.7 Å². The number of nitrogens with one attached hydrogen (secondary N) is 1. The Balaban J connectivity index is 2.10. The first-order chi connectivity index (χ1) is 18.1. The van der Waals surface area contributed by atoms with Crippen LogP contribution in [-0.2, 0) is 26.2 Å². The molecule has 9 heteroatoms. The Labute approximate surface area is 225 Å². The number of sulfonamides is 1. The molecule has 0 saturated heterocycles. The number of carbonyl (C=O) groups is 2. The number of anilines is 1. The van der Waals surface area contributed by atoms with Gasteiger partial charge in [-0.15, -0.1) is 0 Å². The molecule has 1 N–H and O–H groups in total. The first-order valence-corrected chi connectivity index (χ1v) is 13.8. The maximum Gasteiger partial charge on any atom is 0.264 e. The molecule has 0 aliphatic rings. The van der Waals surface area contributed by atoms with E-state index < -0.39 is 28.5 Å². The van der Waals surface area contributed by atoms with Gasteiger partial charge in [0.25, 0.3) is 10.0 Å². The van der Waals surface area contributed by atoms with Gasteiger partial charge in [-0.05, 0) is 50.1 Å². The predicted molar refractivity (Wildman–Crippen MR) is 149 cm³/mol. The van der Waals surface area contributed by atoms with Crippen LogP contribution >= 0.6 is 0 Å². The van der Waals surface area contributed by atoms with E-state index in [-0.39, 0.29) is 23.0 Å². The molecule has 1 atom stereocenters. The highest BCUT2D eigenvalue weighted by atomic mass is 32.2. The van der Waals surface area contributed by atoms with E-state index in [1.165, 1.54) is 31.2 Å². The summed E-state index contributed by atoms with van der Waals surface area (Å²) in [5.41, 5.74) is 2.99. The molecule has 2 amide bonds. The smallest absolute Gasteiger partial charge is 0.264 e. The van der Waals surface area contributed by atoms with Gasteiger partial charge in [-0.1, -0.05) is 66.6 Å². The van der Waals surface area contributed by atoms with Crippen molar-refractivity contribution in [3.63, 3.8) is 0 Å². The Kier molecular flexibility index (Phi) is 9.52. The quantitative estimate of drug-likeness (QED) is 0.398. The van der Waals surface area contributed by atoms with Crippen molar-refractivity contribution >= 4 is 27.5 Å². The van der Waals surface area contributed by atoms with E-state index in [1.807, 2.05) is 45.0 Å². The molecular formula is C29H35N3O5S. The minimum atomic E-state index is -4.16. The second-order valence-electron chi connectivity index (χ2n) is 9.05. The lowest BCUT2D eigenvalue weighted by Crippen LogP contribution is -2.51. The third-order valence-corrected chi connectivity index (χ3v) is 8.08. The number of rotatable bonds is 11. The van der Waals surface area contributed by atoms with Crippen LogP contribution in [0.3, 0.4) is 0 Å². The molecule has 0 bridgehead atoms. The molecule has 0 fully saturated rings. The van der Waals surface area contributed by atoms with E-state index >= 15 is 0 Å². The molecule has 0 aliphatic carbocycles. The molecular weight excluding hydrogens is 502 g/mol. The standard InChI is InChI=1S/C29H35N3O5S/c1-6-25(29(34)30-4)31(19-23-11-9-10-22(3)18-23)28(33)20-32(26-12-7-8-13-27(26)37-5)38(35,36)24-16-14-21(2)15-17-24/h7-18,25H,6,19-20H2,1-5H3,(H,30,34)/t25-/m0/s1. The summed E-state index contributed by atoms with van der Waals surface area (Å²) in [6.07, 6.45) is 0.358. The lowest BCUT2D eigenvalue weighted by molar-refractivity contribution is -0.140. The van der Waals surface area contributed by atoms with E-state index in [4.69, 9.17) is 4.74 Å². The fourth-order valence-electron chi connectivity index (χ4n) is 4.28. The van der Waals surface area contributed by atoms with Gasteiger partial charge in [-0.3, -0.25) is 13.9 Å². The van der Waals surface area contributed by atoms with Crippen LogP contribution in [0.1, 0.15) is 30.0 Å². The Morgan fingerprint density at radius 1 is 0.947 bits per heavy atom. The average Bonchev–Trinajstić information content (AvgIpc) is 2.91. The van der Waals surface area contributed by atoms with E-state index in [9.17, 15) is 18.0 Å². The summed E-state index contributed by atoms with van der Waals surface area (Å²) in [6, 6.07) is 20.0. The third kappa shape index (κ3) is 6.52. The molecule has 0 radical (unpaired) electrons. The molecule has 3 rings (SSSR count). The number of hydrogen-bond acceptors (Lipinski definition) is 5. The van der Waals surface area contributed by atoms with Gasteiger partial charge in [-0.2, -0.15) is 0 Å². The Hall–Kier alpha value is -3.85. The van der Waals surface area contributed by atoms with E-state index in [2.05, 4.69) is 5.32 Å². The average molecular weight is 538 g/mol. The topological polar surface area (TPSA) is 96.0 Å². The number of hydrogen-bond donors (Lipinski definition) is 1. The van der Waals surface area contributed by atoms with E-state index in [0.29, 0.717) is 12.2 Å². The summed E-state index contributed by atoms with van der Waals surface area (Å²) in [5, 5.41) is 2.63. The first-order valence-electron chi connectivity index (χ1n) is 12.4. The summed E-state index contributed by atoms with van der Waals surface area (Å²) in [6.45, 7) is 5.26. The van der Waals surface area contributed by atoms with Crippen LogP contribution in [0.2, 0.25) is 0 Å². The van der Waals surface area contributed by atoms with Crippen molar-refractivity contribution < 1.29 is 22.7 Å². The number of carbonyl (C=O) groups excluding carboxylic acids is 2. The van der Waals surface area contributed by atoms with Gasteiger partial charge in [0, 0.05) is 13.6 Å². The number of para-hydroxylation sites is 2. The molecule has 0 spiro atoms. The fourth-order valence-corrected chi connectivity index (χ4v) is 5.70. The molecule has 0 aliphatic heterocycles. The van der Waals surface area contributed by atoms with Crippen molar-refractivity contribution in [2.24, 2.45) is 0 Å². The predicted octanol–water partition coefficient (Wildman–Crippen LogP) is 4.06. The van der Waals surface area contributed by atoms with Crippen molar-refractivity contribution in [1.82, 2.24) is 10.2 Å². The normalized spacial score (nSPS) is 11.9. The van der Waals surface area contributed by atoms with Gasteiger partial charge in [0.2, 0.25) is 11.8 Å². The first kappa shape index (κ1) is 28.7. The number of nitrogens with zero attached hydrogens (tertiary/aromatic N) is 2. The summed E-state index contributed by atoms with van der Waals surface area (Å²) >= 11 is 0. The van der Waals surface area contributed by atoms with E-state index in [1.54, 1.807) is 36.4 Å². The van der Waals surface area contributed by atoms with Crippen molar-refractivity contribution in [2.45, 2.75) is 44.7 Å². The highest BCUT2D eigenvalue weighted by Gasteiger charge is 2.34. The van der Waals surface area contributed by atoms with Gasteiger partial charge in [-0.25, -0.2) is 8.42 Å². The maximum absolute atomic E-state index is 14.0. The lowest BCUT2D eigenvalue weighted by Gasteiger charge is -2.33. The molecule has 3 aromatic carbocycles. The number of ether oxygens (including phenoxy) is 1. The minimum absolute atomic E-state index is 0.0467. The Morgan fingerprint density at radius 3 is 2.24 bits per heavy atom. The van der Waals surface area contributed by atoms with Gasteiger partial charge in [0.05, 0.1) is 17.7 Å². The minimum Gasteiger partial charge on any atom is -0.495 e. The molecule has 8 nitrogen and oxygen atoms in total. The largest absolute Gasteiger partial charge is 0.495 e. The maximum atomic E-state index is 14.0. The van der Waals surface area contributed by atoms with Crippen molar-refractivity contribution in [1.29, 1.82) is 0 Å². The summed E-state index contributed by atoms with van der Waals surface area (Å²) in [4.78, 5) is 28.3. The van der Waals surface area contributed by atoms with Crippen molar-refractivity contribution in [3.8, 4) is 5.75 Å². The summed E-state index contributed by atoms with van der Waals surface area (Å²) in [7, 11) is -1.20. The summed E-state index contributed by atoms with van der Waals surface area (Å²) in [5.74, 6) is -0.526. The van der Waals surface area contributed by atoms with Gasteiger partial charge in [0.1, 0.15) is 18.3 Å². The van der Waals surface area contributed by atoms with Crippen molar-refractivity contribution in [3.05, 3.63) is 89.5 Å². The molecule has 0 heterocycles. The SMILES string of the molecule is CC[C@@H](C(=O)NC)N(Cc1cccc(C)c1)C(=O)CN(c1ccccc1OC)S(=O)(=O)c1ccc(C)cc1. The number of methoxy groups -OCH3 is 1. The molecule has 0 saturated carbocycles. The van der Waals surface area contributed by atoms with Crippen LogP contribution in [0.5, 0.6) is 5.75 Å². The van der Waals surface area contributed by atoms with E-state index in [0.717, 1.165) is 21.0 Å². The van der Waals surface area contributed by atoms with Crippen LogP contribution in [0.4, 0.5) is 5.69 Å². The van der Waals surface area contributed by atoms with Crippen molar-refractivity contribution in [2.75, 3.05) is 25.0 Å². The highest BCUT2D eigenvalue weighted by Crippen LogP contribution is 2.32. The molecule has 3 aromatic rings. The Bertz CT molecular complexity index is 1370. The van der Waals surface area contributed by atoms with Crippen LogP contribution in [0.25, 0.3) is 0 Å². The fraction of sp³-hybridized carbons (Fsp3) is 0.310. The second kappa shape index (κ2) is 12.6. The zero-order valence-electron chi connectivity index (χ0n) is 22.5. The second-order valence-corrected chi connectivity index (χ2v) is 10.9. The zero-order chi connectivity index (χ0) is 27.9. The van der Waals surface area contributed by atoms with Gasteiger partial charge >= 0.3 is 0 Å².